The van der Waals surface area contributed by atoms with Crippen LogP contribution in [0.25, 0.3) is 0 Å². The molecule has 0 spiro atoms. The number of ether oxygens (including phenoxy) is 2. The highest BCUT2D eigenvalue weighted by Crippen LogP contribution is 2.34. The van der Waals surface area contributed by atoms with Gasteiger partial charge < -0.3 is 25.2 Å². The molecule has 0 aromatic heterocycles. The third-order valence-corrected chi connectivity index (χ3v) is 4.86. The van der Waals surface area contributed by atoms with Crippen molar-refractivity contribution >= 4 is 21.8 Å². The van der Waals surface area contributed by atoms with Gasteiger partial charge in [-0.25, -0.2) is 0 Å². The van der Waals surface area contributed by atoms with Crippen molar-refractivity contribution in [3.8, 4) is 11.5 Å². The Morgan fingerprint density at radius 3 is 2.43 bits per heavy atom. The third-order valence-electron chi connectivity index (χ3n) is 4.12. The SMILES string of the molecule is CCOc1cc(CNCC(O)c2ccccc2)c(Br)cc1OCC(=O)NC(C)(C)C. The highest BCUT2D eigenvalue weighted by Gasteiger charge is 2.16. The Kier molecular flexibility index (Phi) is 9.14. The highest BCUT2D eigenvalue weighted by atomic mass is 79.9. The van der Waals surface area contributed by atoms with Gasteiger partial charge in [0.1, 0.15) is 0 Å². The Balaban J connectivity index is 2.00. The number of hydrogen-bond donors (Lipinski definition) is 3. The summed E-state index contributed by atoms with van der Waals surface area (Å²) in [5.41, 5.74) is 1.52. The molecule has 0 bridgehead atoms. The normalized spacial score (nSPS) is 12.3. The second kappa shape index (κ2) is 11.3. The molecule has 164 valence electrons. The van der Waals surface area contributed by atoms with Gasteiger partial charge in [-0.1, -0.05) is 46.3 Å². The first-order valence-corrected chi connectivity index (χ1v) is 10.8. The van der Waals surface area contributed by atoms with Crippen LogP contribution in [0, 0.1) is 0 Å². The topological polar surface area (TPSA) is 79.8 Å². The molecule has 2 aromatic rings. The molecule has 0 saturated heterocycles. The molecule has 7 heteroatoms. The summed E-state index contributed by atoms with van der Waals surface area (Å²) in [4.78, 5) is 12.1. The van der Waals surface area contributed by atoms with E-state index in [0.717, 1.165) is 15.6 Å². The van der Waals surface area contributed by atoms with Crippen LogP contribution in [0.15, 0.2) is 46.9 Å². The maximum absolute atomic E-state index is 12.1. The minimum Gasteiger partial charge on any atom is -0.490 e. The van der Waals surface area contributed by atoms with Gasteiger partial charge >= 0.3 is 0 Å². The number of carbonyl (C=O) groups excluding carboxylic acids is 1. The fourth-order valence-electron chi connectivity index (χ4n) is 2.83. The van der Waals surface area contributed by atoms with E-state index in [4.69, 9.17) is 9.47 Å². The number of amides is 1. The molecule has 0 aliphatic rings. The quantitative estimate of drug-likeness (QED) is 0.481. The van der Waals surface area contributed by atoms with E-state index in [1.807, 2.05) is 64.1 Å². The minimum atomic E-state index is -0.583. The lowest BCUT2D eigenvalue weighted by molar-refractivity contribution is -0.124. The van der Waals surface area contributed by atoms with Crippen molar-refractivity contribution in [1.82, 2.24) is 10.6 Å². The summed E-state index contributed by atoms with van der Waals surface area (Å²) in [7, 11) is 0. The Labute approximate surface area is 187 Å². The fraction of sp³-hybridized carbons (Fsp3) is 0.435. The Hall–Kier alpha value is -2.09. The van der Waals surface area contributed by atoms with E-state index >= 15 is 0 Å². The van der Waals surface area contributed by atoms with E-state index < -0.39 is 6.10 Å². The smallest absolute Gasteiger partial charge is 0.258 e. The average molecular weight is 479 g/mol. The maximum Gasteiger partial charge on any atom is 0.258 e. The summed E-state index contributed by atoms with van der Waals surface area (Å²) in [5, 5.41) is 16.4. The van der Waals surface area contributed by atoms with Crippen molar-refractivity contribution in [2.24, 2.45) is 0 Å². The zero-order valence-corrected chi connectivity index (χ0v) is 19.6. The number of nitrogens with one attached hydrogen (secondary N) is 2. The molecule has 1 amide bonds. The van der Waals surface area contributed by atoms with E-state index in [-0.39, 0.29) is 18.1 Å². The summed E-state index contributed by atoms with van der Waals surface area (Å²) in [6.07, 6.45) is -0.583. The zero-order valence-electron chi connectivity index (χ0n) is 18.0. The molecule has 1 atom stereocenters. The molecule has 2 aromatic carbocycles. The van der Waals surface area contributed by atoms with Crippen LogP contribution in [0.1, 0.15) is 44.9 Å². The number of rotatable bonds is 10. The zero-order chi connectivity index (χ0) is 22.1. The van der Waals surface area contributed by atoms with E-state index in [0.29, 0.717) is 31.2 Å². The number of carbonyl (C=O) groups is 1. The summed E-state index contributed by atoms with van der Waals surface area (Å²) >= 11 is 3.56. The van der Waals surface area contributed by atoms with Crippen molar-refractivity contribution in [3.63, 3.8) is 0 Å². The predicted molar refractivity (Wildman–Crippen MR) is 122 cm³/mol. The van der Waals surface area contributed by atoms with E-state index in [9.17, 15) is 9.90 Å². The Morgan fingerprint density at radius 1 is 1.13 bits per heavy atom. The molecule has 0 aliphatic carbocycles. The van der Waals surface area contributed by atoms with E-state index in [1.165, 1.54) is 0 Å². The summed E-state index contributed by atoms with van der Waals surface area (Å²) in [6.45, 7) is 9.00. The number of benzene rings is 2. The van der Waals surface area contributed by atoms with Crippen molar-refractivity contribution in [2.45, 2.75) is 45.9 Å². The van der Waals surface area contributed by atoms with Crippen molar-refractivity contribution in [3.05, 3.63) is 58.1 Å². The van der Waals surface area contributed by atoms with Gasteiger partial charge in [-0.05, 0) is 51.0 Å². The van der Waals surface area contributed by atoms with Gasteiger partial charge in [0.25, 0.3) is 5.91 Å². The van der Waals surface area contributed by atoms with Gasteiger partial charge in [0.15, 0.2) is 18.1 Å². The predicted octanol–water partition coefficient (Wildman–Crippen LogP) is 3.96. The van der Waals surface area contributed by atoms with Gasteiger partial charge in [0.2, 0.25) is 0 Å². The molecular formula is C23H31BrN2O4. The van der Waals surface area contributed by atoms with Gasteiger partial charge in [0, 0.05) is 23.1 Å². The monoisotopic (exact) mass is 478 g/mol. The molecule has 0 fully saturated rings. The number of aliphatic hydroxyl groups excluding tert-OH is 1. The van der Waals surface area contributed by atoms with Crippen LogP contribution in [-0.4, -0.2) is 36.3 Å². The van der Waals surface area contributed by atoms with Crippen LogP contribution in [0.3, 0.4) is 0 Å². The lowest BCUT2D eigenvalue weighted by atomic mass is 10.1. The summed E-state index contributed by atoms with van der Waals surface area (Å²) < 4.78 is 12.2. The summed E-state index contributed by atoms with van der Waals surface area (Å²) in [6, 6.07) is 13.2. The van der Waals surface area contributed by atoms with Crippen LogP contribution < -0.4 is 20.1 Å². The van der Waals surface area contributed by atoms with Crippen molar-refractivity contribution in [1.29, 1.82) is 0 Å². The van der Waals surface area contributed by atoms with Crippen LogP contribution in [0.2, 0.25) is 0 Å². The van der Waals surface area contributed by atoms with Gasteiger partial charge in [-0.3, -0.25) is 4.79 Å². The third kappa shape index (κ3) is 7.97. The average Bonchev–Trinajstić information content (AvgIpc) is 2.68. The molecular weight excluding hydrogens is 448 g/mol. The Bertz CT molecular complexity index is 822. The molecule has 6 nitrogen and oxygen atoms in total. The molecule has 0 radical (unpaired) electrons. The first-order valence-electron chi connectivity index (χ1n) is 10.0. The highest BCUT2D eigenvalue weighted by molar-refractivity contribution is 9.10. The number of aliphatic hydroxyl groups is 1. The van der Waals surface area contributed by atoms with Crippen molar-refractivity contribution < 1.29 is 19.4 Å². The molecule has 2 rings (SSSR count). The minimum absolute atomic E-state index is 0.0926. The van der Waals surface area contributed by atoms with Crippen LogP contribution in [0.4, 0.5) is 0 Å². The number of hydrogen-bond acceptors (Lipinski definition) is 5. The largest absolute Gasteiger partial charge is 0.490 e. The maximum atomic E-state index is 12.1. The van der Waals surface area contributed by atoms with Gasteiger partial charge in [-0.15, -0.1) is 0 Å². The first kappa shape index (κ1) is 24.2. The van der Waals surface area contributed by atoms with Crippen LogP contribution in [0.5, 0.6) is 11.5 Å². The molecule has 0 saturated carbocycles. The summed E-state index contributed by atoms with van der Waals surface area (Å²) in [5.74, 6) is 0.882. The molecule has 0 aliphatic heterocycles. The lowest BCUT2D eigenvalue weighted by Gasteiger charge is -2.21. The first-order chi connectivity index (χ1) is 14.2. The van der Waals surface area contributed by atoms with Gasteiger partial charge in [-0.2, -0.15) is 0 Å². The lowest BCUT2D eigenvalue weighted by Crippen LogP contribution is -2.43. The van der Waals surface area contributed by atoms with Crippen molar-refractivity contribution in [2.75, 3.05) is 19.8 Å². The molecule has 30 heavy (non-hydrogen) atoms. The van der Waals surface area contributed by atoms with E-state index in [2.05, 4.69) is 26.6 Å². The molecule has 3 N–H and O–H groups in total. The fourth-order valence-corrected chi connectivity index (χ4v) is 3.29. The van der Waals surface area contributed by atoms with Crippen LogP contribution in [-0.2, 0) is 11.3 Å². The van der Waals surface area contributed by atoms with Crippen LogP contribution >= 0.6 is 15.9 Å². The second-order valence-electron chi connectivity index (χ2n) is 7.97. The standard InChI is InChI=1S/C23H31BrN2O4/c1-5-29-20-11-17(13-25-14-19(27)16-9-7-6-8-10-16)18(24)12-21(20)30-15-22(28)26-23(2,3)4/h6-12,19,25,27H,5,13-15H2,1-4H3,(H,26,28). The number of halogens is 1. The molecule has 0 heterocycles. The second-order valence-corrected chi connectivity index (χ2v) is 8.82. The molecule has 1 unspecified atom stereocenters. The van der Waals surface area contributed by atoms with E-state index in [1.54, 1.807) is 6.07 Å². The van der Waals surface area contributed by atoms with Gasteiger partial charge in [0.05, 0.1) is 12.7 Å². The Morgan fingerprint density at radius 2 is 1.80 bits per heavy atom.